The molecule has 0 saturated carbocycles. The molecule has 1 rings (SSSR count). The van der Waals surface area contributed by atoms with Gasteiger partial charge in [0.05, 0.1) is 7.27 Å². The van der Waals surface area contributed by atoms with E-state index in [1.807, 2.05) is 0 Å². The monoisotopic (exact) mass is 249 g/mol. The smallest absolute Gasteiger partial charge is 0.0879 e. The Morgan fingerprint density at radius 1 is 1.00 bits per heavy atom. The molecule has 0 aromatic carbocycles. The first-order valence-corrected chi connectivity index (χ1v) is 24.1. The molecule has 1 N–H and O–H groups in total. The second-order valence-corrected chi connectivity index (χ2v) is 50.5. The first kappa shape index (κ1) is 11.1. The van der Waals surface area contributed by atoms with E-state index in [1.165, 1.54) is 0 Å². The quantitative estimate of drug-likeness (QED) is 0.559. The van der Waals surface area contributed by atoms with Crippen molar-refractivity contribution < 1.29 is 0 Å². The lowest BCUT2D eigenvalue weighted by Gasteiger charge is -2.34. The minimum absolute atomic E-state index is 0.550. The number of hydrogen-bond acceptors (Lipinski definition) is 1. The molecule has 1 saturated heterocycles. The summed E-state index contributed by atoms with van der Waals surface area (Å²) in [7, 11) is 1.86. The highest BCUT2D eigenvalue weighted by molar-refractivity contribution is 7.85. The molecule has 0 aromatic heterocycles. The highest BCUT2D eigenvalue weighted by Gasteiger charge is 2.40. The molecule has 0 spiro atoms. The minimum Gasteiger partial charge on any atom is -0.340 e. The van der Waals surface area contributed by atoms with Gasteiger partial charge in [0.2, 0.25) is 0 Å². The predicted molar refractivity (Wildman–Crippen MR) is 73.3 cm³/mol. The molecular weight excluding hydrogens is 227 g/mol. The molecule has 6 heteroatoms. The number of nitrogens with one attached hydrogen (secondary N) is 1. The summed E-state index contributed by atoms with van der Waals surface area (Å²) < 4.78 is 0. The van der Waals surface area contributed by atoms with Gasteiger partial charge in [0.1, 0.15) is 0 Å². The normalized spacial score (nSPS) is 38.5. The maximum Gasteiger partial charge on any atom is 0.0879 e. The second kappa shape index (κ2) is 4.51. The van der Waals surface area contributed by atoms with Gasteiger partial charge in [-0.2, -0.15) is 0 Å². The van der Waals surface area contributed by atoms with Crippen LogP contribution in [-0.2, 0) is 0 Å². The summed E-state index contributed by atoms with van der Waals surface area (Å²) in [5.41, 5.74) is 1.11. The van der Waals surface area contributed by atoms with Crippen molar-refractivity contribution in [2.45, 2.75) is 39.3 Å². The molecule has 0 unspecified atom stereocenters. The summed E-state index contributed by atoms with van der Waals surface area (Å²) in [6, 6.07) is 0.806. The third kappa shape index (κ3) is 2.52. The van der Waals surface area contributed by atoms with E-state index in [2.05, 4.69) is 32.7 Å². The van der Waals surface area contributed by atoms with E-state index in [0.29, 0.717) is 34.2 Å². The highest BCUT2D eigenvalue weighted by atomic mass is 30.1. The van der Waals surface area contributed by atoms with Gasteiger partial charge in [-0.15, -0.1) is 0 Å². The Kier molecular flexibility index (Phi) is 4.18. The van der Waals surface area contributed by atoms with Crippen LogP contribution in [0.15, 0.2) is 0 Å². The van der Waals surface area contributed by atoms with Gasteiger partial charge >= 0.3 is 0 Å². The van der Waals surface area contributed by atoms with Crippen LogP contribution >= 0.6 is 0 Å². The van der Waals surface area contributed by atoms with Crippen molar-refractivity contribution in [2.75, 3.05) is 0 Å². The standard InChI is InChI=1S/C6H23NSi5/c1-5(2)7-12(6(3)4)10-8-9-11-12/h5-7H,8-11H2,1-4H3. The molecule has 1 aliphatic heterocycles. The summed E-state index contributed by atoms with van der Waals surface area (Å²) in [4.78, 5) is 4.09. The molecule has 0 bridgehead atoms. The Morgan fingerprint density at radius 2 is 1.50 bits per heavy atom. The molecule has 0 radical (unpaired) electrons. The molecule has 0 aliphatic carbocycles. The number of hydrogen-bond donors (Lipinski definition) is 1. The predicted octanol–water partition coefficient (Wildman–Crippen LogP) is -2.23. The van der Waals surface area contributed by atoms with Crippen LogP contribution in [0.1, 0.15) is 27.7 Å². The van der Waals surface area contributed by atoms with E-state index >= 15 is 0 Å². The lowest BCUT2D eigenvalue weighted by Crippen LogP contribution is -2.63. The van der Waals surface area contributed by atoms with Crippen molar-refractivity contribution in [2.24, 2.45) is 0 Å². The lowest BCUT2D eigenvalue weighted by atomic mass is 10.4. The highest BCUT2D eigenvalue weighted by Crippen LogP contribution is 2.17. The lowest BCUT2D eigenvalue weighted by molar-refractivity contribution is 0.732. The first-order chi connectivity index (χ1) is 5.57. The number of rotatable bonds is 3. The van der Waals surface area contributed by atoms with Crippen molar-refractivity contribution in [1.29, 1.82) is 0 Å². The van der Waals surface area contributed by atoms with Gasteiger partial charge in [-0.3, -0.25) is 0 Å². The molecule has 1 fully saturated rings. The SMILES string of the molecule is CC(C)N[Si]1(C(C)C)[SiH2][SiH2][SiH2][SiH2]1. The Hall–Kier alpha value is 1.04. The average Bonchev–Trinajstić information content (AvgIpc) is 2.35. The largest absolute Gasteiger partial charge is 0.340 e. The third-order valence-corrected chi connectivity index (χ3v) is 103. The van der Waals surface area contributed by atoms with Crippen LogP contribution < -0.4 is 4.98 Å². The van der Waals surface area contributed by atoms with E-state index in [0.717, 1.165) is 11.6 Å². The molecule has 0 aromatic rings. The molecule has 1 nitrogen and oxygen atoms in total. The van der Waals surface area contributed by atoms with Gasteiger partial charge in [0.15, 0.2) is 0 Å². The Balaban J connectivity index is 2.59. The molecule has 1 aliphatic rings. The van der Waals surface area contributed by atoms with Crippen LogP contribution in [-0.4, -0.2) is 47.5 Å². The van der Waals surface area contributed by atoms with Crippen LogP contribution in [0.25, 0.3) is 0 Å². The van der Waals surface area contributed by atoms with Crippen LogP contribution in [0.4, 0.5) is 0 Å². The van der Waals surface area contributed by atoms with Crippen LogP contribution in [0.5, 0.6) is 0 Å². The molecule has 12 heavy (non-hydrogen) atoms. The van der Waals surface area contributed by atoms with E-state index < -0.39 is 7.27 Å². The topological polar surface area (TPSA) is 12.0 Å². The van der Waals surface area contributed by atoms with Crippen molar-refractivity contribution >= 4 is 41.5 Å². The van der Waals surface area contributed by atoms with Crippen LogP contribution in [0.3, 0.4) is 0 Å². The molecule has 0 atom stereocenters. The van der Waals surface area contributed by atoms with Gasteiger partial charge in [0.25, 0.3) is 0 Å². The third-order valence-electron chi connectivity index (χ3n) is 3.18. The zero-order valence-electron chi connectivity index (χ0n) is 8.98. The van der Waals surface area contributed by atoms with Crippen molar-refractivity contribution in [3.05, 3.63) is 0 Å². The summed E-state index contributed by atoms with van der Waals surface area (Å²) in [5, 5.41) is 0. The minimum atomic E-state index is -0.622. The van der Waals surface area contributed by atoms with E-state index in [1.54, 1.807) is 0 Å². The van der Waals surface area contributed by atoms with Crippen molar-refractivity contribution in [1.82, 2.24) is 4.98 Å². The fourth-order valence-corrected chi connectivity index (χ4v) is 207. The summed E-state index contributed by atoms with van der Waals surface area (Å²) in [6.45, 7) is 9.77. The Bertz CT molecular complexity index is 143. The maximum atomic E-state index is 4.09. The van der Waals surface area contributed by atoms with Crippen molar-refractivity contribution in [3.63, 3.8) is 0 Å². The maximum absolute atomic E-state index is 4.09. The fourth-order valence-electron chi connectivity index (χ4n) is 2.47. The van der Waals surface area contributed by atoms with Crippen LogP contribution in [0.2, 0.25) is 5.54 Å². The van der Waals surface area contributed by atoms with Crippen LogP contribution in [0, 0.1) is 0 Å². The molecular formula is C6H23NSi5. The van der Waals surface area contributed by atoms with Gasteiger partial charge in [-0.1, -0.05) is 27.7 Å². The summed E-state index contributed by atoms with van der Waals surface area (Å²) >= 11 is 0. The van der Waals surface area contributed by atoms with E-state index in [4.69, 9.17) is 0 Å². The zero-order valence-corrected chi connectivity index (χ0v) is 15.6. The average molecular weight is 250 g/mol. The van der Waals surface area contributed by atoms with Gasteiger partial charge in [-0.25, -0.2) is 0 Å². The summed E-state index contributed by atoms with van der Waals surface area (Å²) in [5.74, 6) is 0. The summed E-state index contributed by atoms with van der Waals surface area (Å²) in [6.07, 6.45) is 0. The Labute approximate surface area is 85.8 Å². The van der Waals surface area contributed by atoms with Gasteiger partial charge < -0.3 is 4.98 Å². The zero-order chi connectivity index (χ0) is 9.19. The molecule has 72 valence electrons. The van der Waals surface area contributed by atoms with Gasteiger partial charge in [0, 0.05) is 17.1 Å². The first-order valence-electron chi connectivity index (χ1n) is 5.34. The van der Waals surface area contributed by atoms with Crippen molar-refractivity contribution in [3.8, 4) is 0 Å². The van der Waals surface area contributed by atoms with E-state index in [9.17, 15) is 0 Å². The van der Waals surface area contributed by atoms with Gasteiger partial charge in [-0.05, 0) is 28.7 Å². The Morgan fingerprint density at radius 3 is 1.83 bits per heavy atom. The second-order valence-electron chi connectivity index (χ2n) is 4.82. The fraction of sp³-hybridized carbons (Fsp3) is 1.00. The van der Waals surface area contributed by atoms with E-state index in [-0.39, 0.29) is 0 Å². The molecule has 0 amide bonds. The molecule has 1 heterocycles.